The van der Waals surface area contributed by atoms with Crippen molar-refractivity contribution in [2.45, 2.75) is 0 Å². The first-order valence-corrected chi connectivity index (χ1v) is 8.77. The molecule has 0 N–H and O–H groups in total. The Morgan fingerprint density at radius 3 is 2.30 bits per heavy atom. The number of pyridine rings is 1. The molecule has 0 aliphatic carbocycles. The van der Waals surface area contributed by atoms with Crippen molar-refractivity contribution in [2.75, 3.05) is 0 Å². The van der Waals surface area contributed by atoms with Crippen LogP contribution in [-0.2, 0) is 0 Å². The smallest absolute Gasteiger partial charge is 0.343 e. The van der Waals surface area contributed by atoms with Crippen LogP contribution < -0.4 is 4.74 Å². The van der Waals surface area contributed by atoms with Gasteiger partial charge in [0, 0.05) is 10.8 Å². The number of ether oxygens (including phenoxy) is 1. The van der Waals surface area contributed by atoms with E-state index in [9.17, 15) is 4.79 Å². The monoisotopic (exact) mass is 349 g/mol. The van der Waals surface area contributed by atoms with E-state index < -0.39 is 0 Å². The van der Waals surface area contributed by atoms with Crippen LogP contribution in [0.25, 0.3) is 32.6 Å². The number of carbonyl (C=O) groups is 1. The topological polar surface area (TPSA) is 39.2 Å². The molecule has 0 aliphatic rings. The van der Waals surface area contributed by atoms with Crippen LogP contribution in [0.1, 0.15) is 10.4 Å². The summed E-state index contributed by atoms with van der Waals surface area (Å²) >= 11 is 0. The molecule has 128 valence electrons. The van der Waals surface area contributed by atoms with Crippen LogP contribution in [0.4, 0.5) is 0 Å². The second-order valence-corrected chi connectivity index (χ2v) is 6.49. The third-order valence-corrected chi connectivity index (χ3v) is 4.66. The van der Waals surface area contributed by atoms with E-state index in [1.165, 1.54) is 0 Å². The maximum atomic E-state index is 12.5. The molecule has 27 heavy (non-hydrogen) atoms. The van der Waals surface area contributed by atoms with Gasteiger partial charge in [-0.05, 0) is 59.3 Å². The fourth-order valence-corrected chi connectivity index (χ4v) is 3.31. The summed E-state index contributed by atoms with van der Waals surface area (Å²) < 4.78 is 5.44. The highest BCUT2D eigenvalue weighted by molar-refractivity contribution is 6.03. The summed E-state index contributed by atoms with van der Waals surface area (Å²) in [7, 11) is 0. The Morgan fingerprint density at radius 1 is 0.630 bits per heavy atom. The Hall–Kier alpha value is -3.72. The van der Waals surface area contributed by atoms with Crippen molar-refractivity contribution in [3.63, 3.8) is 0 Å². The number of hydrogen-bond acceptors (Lipinski definition) is 3. The van der Waals surface area contributed by atoms with Crippen LogP contribution >= 0.6 is 0 Å². The molecule has 4 aromatic carbocycles. The van der Waals surface area contributed by atoms with Crippen molar-refractivity contribution in [3.8, 4) is 5.75 Å². The predicted molar refractivity (Wildman–Crippen MR) is 108 cm³/mol. The molecule has 0 aliphatic heterocycles. The second-order valence-electron chi connectivity index (χ2n) is 6.49. The fraction of sp³-hybridized carbons (Fsp3) is 0. The zero-order valence-corrected chi connectivity index (χ0v) is 14.4. The molecule has 0 amide bonds. The summed E-state index contributed by atoms with van der Waals surface area (Å²) in [6, 6.07) is 29.0. The fourth-order valence-electron chi connectivity index (χ4n) is 3.31. The minimum absolute atomic E-state index is 0.361. The van der Waals surface area contributed by atoms with Gasteiger partial charge < -0.3 is 4.74 Å². The molecule has 0 unspecified atom stereocenters. The van der Waals surface area contributed by atoms with Gasteiger partial charge in [0.2, 0.25) is 0 Å². The molecular formula is C24H15NO2. The van der Waals surface area contributed by atoms with Crippen molar-refractivity contribution in [2.24, 2.45) is 0 Å². The second kappa shape index (κ2) is 6.22. The summed E-state index contributed by atoms with van der Waals surface area (Å²) in [5.74, 6) is 0.177. The normalized spacial score (nSPS) is 11.1. The highest BCUT2D eigenvalue weighted by Crippen LogP contribution is 2.26. The van der Waals surface area contributed by atoms with E-state index in [1.807, 2.05) is 48.5 Å². The molecule has 0 saturated carbocycles. The molecule has 3 heteroatoms. The van der Waals surface area contributed by atoms with Crippen LogP contribution in [0, 0.1) is 0 Å². The molecule has 5 aromatic rings. The van der Waals surface area contributed by atoms with Gasteiger partial charge in [-0.2, -0.15) is 0 Å². The van der Waals surface area contributed by atoms with E-state index >= 15 is 0 Å². The van der Waals surface area contributed by atoms with Gasteiger partial charge in [0.1, 0.15) is 5.75 Å². The van der Waals surface area contributed by atoms with Crippen molar-refractivity contribution < 1.29 is 9.53 Å². The van der Waals surface area contributed by atoms with E-state index in [0.717, 1.165) is 32.6 Å². The molecule has 0 fully saturated rings. The van der Waals surface area contributed by atoms with E-state index in [4.69, 9.17) is 9.72 Å². The van der Waals surface area contributed by atoms with Crippen molar-refractivity contribution in [1.29, 1.82) is 0 Å². The van der Waals surface area contributed by atoms with Gasteiger partial charge in [-0.3, -0.25) is 0 Å². The quantitative estimate of drug-likeness (QED) is 0.231. The molecule has 0 bridgehead atoms. The number of fused-ring (bicyclic) bond motifs is 3. The van der Waals surface area contributed by atoms with E-state index in [2.05, 4.69) is 24.3 Å². The summed E-state index contributed by atoms with van der Waals surface area (Å²) in [6.45, 7) is 0. The SMILES string of the molecule is O=C(Oc1ccccc1)c1ccc2cc3nc4ccccc4cc3cc2c1. The van der Waals surface area contributed by atoms with Crippen molar-refractivity contribution in [1.82, 2.24) is 4.98 Å². The molecule has 0 atom stereocenters. The van der Waals surface area contributed by atoms with E-state index in [-0.39, 0.29) is 5.97 Å². The minimum Gasteiger partial charge on any atom is -0.423 e. The van der Waals surface area contributed by atoms with Crippen LogP contribution in [0.5, 0.6) is 5.75 Å². The van der Waals surface area contributed by atoms with Gasteiger partial charge in [0.25, 0.3) is 0 Å². The molecule has 0 radical (unpaired) electrons. The number of para-hydroxylation sites is 2. The zero-order chi connectivity index (χ0) is 18.2. The first-order valence-electron chi connectivity index (χ1n) is 8.77. The summed E-state index contributed by atoms with van der Waals surface area (Å²) in [6.07, 6.45) is 0. The number of nitrogens with zero attached hydrogens (tertiary/aromatic N) is 1. The lowest BCUT2D eigenvalue weighted by Gasteiger charge is -2.07. The van der Waals surface area contributed by atoms with Gasteiger partial charge in [-0.15, -0.1) is 0 Å². The minimum atomic E-state index is -0.361. The van der Waals surface area contributed by atoms with Gasteiger partial charge in [0.05, 0.1) is 16.6 Å². The lowest BCUT2D eigenvalue weighted by atomic mass is 10.0. The van der Waals surface area contributed by atoms with Gasteiger partial charge in [-0.25, -0.2) is 9.78 Å². The first-order chi connectivity index (χ1) is 13.3. The van der Waals surface area contributed by atoms with E-state index in [0.29, 0.717) is 11.3 Å². The molecule has 1 aromatic heterocycles. The van der Waals surface area contributed by atoms with Gasteiger partial charge in [-0.1, -0.05) is 42.5 Å². The largest absolute Gasteiger partial charge is 0.423 e. The summed E-state index contributed by atoms with van der Waals surface area (Å²) in [4.78, 5) is 17.2. The average Bonchev–Trinajstić information content (AvgIpc) is 2.71. The lowest BCUT2D eigenvalue weighted by molar-refractivity contribution is 0.0735. The molecular weight excluding hydrogens is 334 g/mol. The van der Waals surface area contributed by atoms with Crippen molar-refractivity contribution in [3.05, 3.63) is 96.6 Å². The third kappa shape index (κ3) is 2.89. The molecule has 3 nitrogen and oxygen atoms in total. The predicted octanol–water partition coefficient (Wildman–Crippen LogP) is 5.76. The highest BCUT2D eigenvalue weighted by Gasteiger charge is 2.10. The molecule has 0 saturated heterocycles. The maximum Gasteiger partial charge on any atom is 0.343 e. The molecule has 5 rings (SSSR count). The Morgan fingerprint density at radius 2 is 1.41 bits per heavy atom. The van der Waals surface area contributed by atoms with Crippen molar-refractivity contribution >= 4 is 38.5 Å². The third-order valence-electron chi connectivity index (χ3n) is 4.66. The Labute approximate surface area is 155 Å². The molecule has 0 spiro atoms. The van der Waals surface area contributed by atoms with Gasteiger partial charge >= 0.3 is 5.97 Å². The zero-order valence-electron chi connectivity index (χ0n) is 14.4. The number of esters is 1. The van der Waals surface area contributed by atoms with Crippen LogP contribution in [-0.4, -0.2) is 11.0 Å². The first kappa shape index (κ1) is 15.5. The van der Waals surface area contributed by atoms with Crippen LogP contribution in [0.2, 0.25) is 0 Å². The summed E-state index contributed by atoms with van der Waals surface area (Å²) in [5, 5.41) is 4.18. The Bertz CT molecular complexity index is 1310. The molecule has 1 heterocycles. The maximum absolute atomic E-state index is 12.5. The van der Waals surface area contributed by atoms with Crippen LogP contribution in [0.3, 0.4) is 0 Å². The highest BCUT2D eigenvalue weighted by atomic mass is 16.5. The Balaban J connectivity index is 1.58. The number of benzene rings is 4. The number of rotatable bonds is 2. The Kier molecular flexibility index (Phi) is 3.58. The standard InChI is InChI=1S/C24H15NO2/c26-24(27-21-7-2-1-3-8-21)18-11-10-16-15-23-20(14-19(16)13-18)12-17-6-4-5-9-22(17)25-23/h1-15H. The summed E-state index contributed by atoms with van der Waals surface area (Å²) in [5.41, 5.74) is 2.45. The number of hydrogen-bond donors (Lipinski definition) is 0. The lowest BCUT2D eigenvalue weighted by Crippen LogP contribution is -2.08. The van der Waals surface area contributed by atoms with Gasteiger partial charge in [0.15, 0.2) is 0 Å². The number of carbonyl (C=O) groups excluding carboxylic acids is 1. The average molecular weight is 349 g/mol. The van der Waals surface area contributed by atoms with E-state index in [1.54, 1.807) is 18.2 Å². The number of aromatic nitrogens is 1. The van der Waals surface area contributed by atoms with Crippen LogP contribution in [0.15, 0.2) is 91.0 Å².